The number of aryl methyl sites for hydroxylation is 1. The maximum Gasteiger partial charge on any atom is 0.0534 e. The molecule has 1 aromatic heterocycles. The summed E-state index contributed by atoms with van der Waals surface area (Å²) in [5, 5.41) is 7.81. The summed E-state index contributed by atoms with van der Waals surface area (Å²) >= 11 is 0. The largest absolute Gasteiger partial charge is 0.312 e. The van der Waals surface area contributed by atoms with Gasteiger partial charge in [-0.2, -0.15) is 5.10 Å². The van der Waals surface area contributed by atoms with Crippen molar-refractivity contribution in [1.29, 1.82) is 0 Å². The molecular weight excluding hydrogens is 186 g/mol. The van der Waals surface area contributed by atoms with Gasteiger partial charge in [0.2, 0.25) is 0 Å². The SMILES string of the molecule is Cc1cnn(CCNC(C)CC2CC2)c1. The van der Waals surface area contributed by atoms with Crippen LogP contribution < -0.4 is 5.32 Å². The molecule has 1 atom stereocenters. The van der Waals surface area contributed by atoms with Crippen molar-refractivity contribution in [2.45, 2.75) is 45.7 Å². The van der Waals surface area contributed by atoms with Crippen molar-refractivity contribution >= 4 is 0 Å². The highest BCUT2D eigenvalue weighted by Crippen LogP contribution is 2.33. The molecule has 84 valence electrons. The van der Waals surface area contributed by atoms with E-state index in [0.717, 1.165) is 19.0 Å². The van der Waals surface area contributed by atoms with Crippen LogP contribution in [0.2, 0.25) is 0 Å². The lowest BCUT2D eigenvalue weighted by molar-refractivity contribution is 0.459. The number of rotatable bonds is 6. The molecule has 0 amide bonds. The van der Waals surface area contributed by atoms with Crippen molar-refractivity contribution in [2.24, 2.45) is 5.92 Å². The lowest BCUT2D eigenvalue weighted by Crippen LogP contribution is -2.29. The second kappa shape index (κ2) is 4.79. The fraction of sp³-hybridized carbons (Fsp3) is 0.750. The highest BCUT2D eigenvalue weighted by molar-refractivity contribution is 4.99. The standard InChI is InChI=1S/C12H21N3/c1-10-8-14-15(9-10)6-5-13-11(2)7-12-3-4-12/h8-9,11-13H,3-7H2,1-2H3. The Labute approximate surface area is 91.9 Å². The monoisotopic (exact) mass is 207 g/mol. The lowest BCUT2D eigenvalue weighted by atomic mass is 10.1. The Morgan fingerprint density at radius 1 is 1.60 bits per heavy atom. The van der Waals surface area contributed by atoms with Gasteiger partial charge in [0, 0.05) is 18.8 Å². The zero-order valence-corrected chi connectivity index (χ0v) is 9.74. The van der Waals surface area contributed by atoms with Gasteiger partial charge in [-0.25, -0.2) is 0 Å². The molecule has 0 bridgehead atoms. The number of nitrogens with zero attached hydrogens (tertiary/aromatic N) is 2. The molecule has 0 radical (unpaired) electrons. The maximum absolute atomic E-state index is 4.26. The van der Waals surface area contributed by atoms with Crippen LogP contribution in [-0.2, 0) is 6.54 Å². The molecule has 0 aliphatic heterocycles. The van der Waals surface area contributed by atoms with Crippen LogP contribution in [0.25, 0.3) is 0 Å². The van der Waals surface area contributed by atoms with Crippen molar-refractivity contribution in [1.82, 2.24) is 15.1 Å². The Hall–Kier alpha value is -0.830. The van der Waals surface area contributed by atoms with Gasteiger partial charge in [0.25, 0.3) is 0 Å². The molecule has 1 fully saturated rings. The van der Waals surface area contributed by atoms with E-state index in [0.29, 0.717) is 6.04 Å². The first-order valence-corrected chi connectivity index (χ1v) is 5.96. The molecule has 1 aromatic rings. The second-order valence-corrected chi connectivity index (χ2v) is 4.82. The van der Waals surface area contributed by atoms with E-state index in [1.165, 1.54) is 24.8 Å². The first kappa shape index (κ1) is 10.7. The average molecular weight is 207 g/mol. The van der Waals surface area contributed by atoms with E-state index in [1.807, 2.05) is 10.9 Å². The smallest absolute Gasteiger partial charge is 0.0534 e. The normalized spacial score (nSPS) is 18.0. The number of hydrogen-bond acceptors (Lipinski definition) is 2. The molecule has 1 N–H and O–H groups in total. The molecule has 1 aliphatic rings. The fourth-order valence-electron chi connectivity index (χ4n) is 1.95. The minimum absolute atomic E-state index is 0.661. The zero-order chi connectivity index (χ0) is 10.7. The first-order valence-electron chi connectivity index (χ1n) is 5.96. The van der Waals surface area contributed by atoms with Crippen LogP contribution in [0.5, 0.6) is 0 Å². The van der Waals surface area contributed by atoms with Crippen molar-refractivity contribution in [3.63, 3.8) is 0 Å². The van der Waals surface area contributed by atoms with Crippen LogP contribution in [0.3, 0.4) is 0 Å². The summed E-state index contributed by atoms with van der Waals surface area (Å²) in [6, 6.07) is 0.661. The number of aromatic nitrogens is 2. The van der Waals surface area contributed by atoms with Crippen LogP contribution in [0.15, 0.2) is 12.4 Å². The summed E-state index contributed by atoms with van der Waals surface area (Å²) < 4.78 is 2.01. The van der Waals surface area contributed by atoms with E-state index in [9.17, 15) is 0 Å². The summed E-state index contributed by atoms with van der Waals surface area (Å²) in [4.78, 5) is 0. The zero-order valence-electron chi connectivity index (χ0n) is 9.74. The molecule has 3 nitrogen and oxygen atoms in total. The quantitative estimate of drug-likeness (QED) is 0.773. The Morgan fingerprint density at radius 3 is 3.00 bits per heavy atom. The van der Waals surface area contributed by atoms with Gasteiger partial charge in [0.15, 0.2) is 0 Å². The van der Waals surface area contributed by atoms with Gasteiger partial charge in [-0.3, -0.25) is 4.68 Å². The summed E-state index contributed by atoms with van der Waals surface area (Å²) in [7, 11) is 0. The van der Waals surface area contributed by atoms with Gasteiger partial charge in [-0.1, -0.05) is 12.8 Å². The molecule has 0 spiro atoms. The Bertz CT molecular complexity index is 302. The molecule has 1 unspecified atom stereocenters. The van der Waals surface area contributed by atoms with Gasteiger partial charge in [-0.05, 0) is 31.7 Å². The predicted molar refractivity (Wildman–Crippen MR) is 61.8 cm³/mol. The molecule has 1 saturated carbocycles. The number of nitrogens with one attached hydrogen (secondary N) is 1. The molecule has 0 aromatic carbocycles. The minimum Gasteiger partial charge on any atom is -0.312 e. The van der Waals surface area contributed by atoms with E-state index in [2.05, 4.69) is 30.5 Å². The van der Waals surface area contributed by atoms with Crippen LogP contribution in [-0.4, -0.2) is 22.4 Å². The molecule has 2 rings (SSSR count). The van der Waals surface area contributed by atoms with Crippen LogP contribution in [0.1, 0.15) is 31.7 Å². The Kier molecular flexibility index (Phi) is 3.41. The van der Waals surface area contributed by atoms with Crippen molar-refractivity contribution in [2.75, 3.05) is 6.54 Å². The predicted octanol–water partition coefficient (Wildman–Crippen LogP) is 1.97. The van der Waals surface area contributed by atoms with E-state index in [-0.39, 0.29) is 0 Å². The van der Waals surface area contributed by atoms with Crippen molar-refractivity contribution < 1.29 is 0 Å². The Morgan fingerprint density at radius 2 is 2.40 bits per heavy atom. The van der Waals surface area contributed by atoms with E-state index < -0.39 is 0 Å². The van der Waals surface area contributed by atoms with Crippen LogP contribution >= 0.6 is 0 Å². The first-order chi connectivity index (χ1) is 7.24. The van der Waals surface area contributed by atoms with Gasteiger partial charge in [0.05, 0.1) is 12.7 Å². The minimum atomic E-state index is 0.661. The number of hydrogen-bond donors (Lipinski definition) is 1. The highest BCUT2D eigenvalue weighted by Gasteiger charge is 2.22. The molecule has 0 saturated heterocycles. The summed E-state index contributed by atoms with van der Waals surface area (Å²) in [6.45, 7) is 6.36. The van der Waals surface area contributed by atoms with E-state index >= 15 is 0 Å². The van der Waals surface area contributed by atoms with Gasteiger partial charge < -0.3 is 5.32 Å². The topological polar surface area (TPSA) is 29.9 Å². The van der Waals surface area contributed by atoms with Crippen molar-refractivity contribution in [3.05, 3.63) is 18.0 Å². The molecule has 1 heterocycles. The molecule has 15 heavy (non-hydrogen) atoms. The summed E-state index contributed by atoms with van der Waals surface area (Å²) in [6.07, 6.45) is 8.24. The molecular formula is C12H21N3. The molecule has 1 aliphatic carbocycles. The third-order valence-corrected chi connectivity index (χ3v) is 2.98. The summed E-state index contributed by atoms with van der Waals surface area (Å²) in [5.74, 6) is 1.01. The third kappa shape index (κ3) is 3.67. The average Bonchev–Trinajstić information content (AvgIpc) is 2.89. The van der Waals surface area contributed by atoms with E-state index in [1.54, 1.807) is 0 Å². The van der Waals surface area contributed by atoms with Crippen LogP contribution in [0, 0.1) is 12.8 Å². The fourth-order valence-corrected chi connectivity index (χ4v) is 1.95. The highest BCUT2D eigenvalue weighted by atomic mass is 15.3. The van der Waals surface area contributed by atoms with Crippen LogP contribution in [0.4, 0.5) is 0 Å². The van der Waals surface area contributed by atoms with Gasteiger partial charge in [-0.15, -0.1) is 0 Å². The van der Waals surface area contributed by atoms with Gasteiger partial charge >= 0.3 is 0 Å². The molecule has 3 heteroatoms. The summed E-state index contributed by atoms with van der Waals surface area (Å²) in [5.41, 5.74) is 1.24. The van der Waals surface area contributed by atoms with E-state index in [4.69, 9.17) is 0 Å². The van der Waals surface area contributed by atoms with Gasteiger partial charge in [0.1, 0.15) is 0 Å². The third-order valence-electron chi connectivity index (χ3n) is 2.98. The lowest BCUT2D eigenvalue weighted by Gasteiger charge is -2.12. The maximum atomic E-state index is 4.26. The Balaban J connectivity index is 1.61. The van der Waals surface area contributed by atoms with Crippen molar-refractivity contribution in [3.8, 4) is 0 Å². The second-order valence-electron chi connectivity index (χ2n) is 4.82.